The van der Waals surface area contributed by atoms with Gasteiger partial charge in [-0.1, -0.05) is 44.0 Å². The highest BCUT2D eigenvalue weighted by Gasteiger charge is 2.33. The Kier molecular flexibility index (Phi) is 6.24. The van der Waals surface area contributed by atoms with E-state index in [2.05, 4.69) is 10.4 Å². The molecule has 6 nitrogen and oxygen atoms in total. The van der Waals surface area contributed by atoms with Gasteiger partial charge in [-0.2, -0.15) is 5.10 Å². The van der Waals surface area contributed by atoms with Gasteiger partial charge in [-0.3, -0.25) is 9.59 Å². The summed E-state index contributed by atoms with van der Waals surface area (Å²) >= 11 is 12.2. The highest BCUT2D eigenvalue weighted by atomic mass is 35.5. The van der Waals surface area contributed by atoms with E-state index in [4.69, 9.17) is 23.2 Å². The first-order chi connectivity index (χ1) is 13.6. The molecule has 1 heterocycles. The highest BCUT2D eigenvalue weighted by molar-refractivity contribution is 6.42. The van der Waals surface area contributed by atoms with Crippen LogP contribution < -0.4 is 5.32 Å². The molecule has 29 heavy (non-hydrogen) atoms. The van der Waals surface area contributed by atoms with Crippen molar-refractivity contribution in [3.05, 3.63) is 40.0 Å². The summed E-state index contributed by atoms with van der Waals surface area (Å²) < 4.78 is 1.64. The predicted molar refractivity (Wildman–Crippen MR) is 116 cm³/mol. The van der Waals surface area contributed by atoms with E-state index in [0.717, 1.165) is 18.5 Å². The summed E-state index contributed by atoms with van der Waals surface area (Å²) in [6.45, 7) is 8.55. The molecule has 2 aromatic rings. The summed E-state index contributed by atoms with van der Waals surface area (Å²) in [5.74, 6) is 0.392. The largest absolute Gasteiger partial charge is 0.333 e. The van der Waals surface area contributed by atoms with Crippen LogP contribution >= 0.6 is 23.2 Å². The number of nitrogens with one attached hydrogen (secondary N) is 1. The Morgan fingerprint density at radius 3 is 2.45 bits per heavy atom. The summed E-state index contributed by atoms with van der Waals surface area (Å²) in [4.78, 5) is 26.6. The van der Waals surface area contributed by atoms with Crippen LogP contribution in [0.15, 0.2) is 24.3 Å². The number of hydrogen-bond acceptors (Lipinski definition) is 3. The molecule has 0 saturated heterocycles. The molecule has 1 aliphatic rings. The minimum absolute atomic E-state index is 0.0171. The van der Waals surface area contributed by atoms with Crippen LogP contribution in [0.1, 0.15) is 46.2 Å². The van der Waals surface area contributed by atoms with E-state index in [1.165, 1.54) is 0 Å². The maximum Gasteiger partial charge on any atom is 0.245 e. The molecule has 1 saturated carbocycles. The lowest BCUT2D eigenvalue weighted by Gasteiger charge is -2.20. The molecule has 1 aliphatic carbocycles. The third-order valence-electron chi connectivity index (χ3n) is 4.85. The SMILES string of the molecule is CCN(CC(=O)Nc1cc(C(C)(C)C)nn1-c1ccc(Cl)c(Cl)c1)C(=O)C1CC1. The average molecular weight is 437 g/mol. The summed E-state index contributed by atoms with van der Waals surface area (Å²) in [5, 5.41) is 8.42. The van der Waals surface area contributed by atoms with E-state index in [9.17, 15) is 9.59 Å². The van der Waals surface area contributed by atoms with Crippen molar-refractivity contribution in [1.29, 1.82) is 0 Å². The smallest absolute Gasteiger partial charge is 0.245 e. The molecule has 2 amide bonds. The molecule has 0 bridgehead atoms. The van der Waals surface area contributed by atoms with Crippen LogP contribution in [0.5, 0.6) is 0 Å². The molecule has 0 unspecified atom stereocenters. The second-order valence-electron chi connectivity index (χ2n) is 8.35. The highest BCUT2D eigenvalue weighted by Crippen LogP contribution is 2.31. The van der Waals surface area contributed by atoms with Crippen molar-refractivity contribution in [2.75, 3.05) is 18.4 Å². The van der Waals surface area contributed by atoms with E-state index in [0.29, 0.717) is 28.1 Å². The third kappa shape index (κ3) is 5.11. The fourth-order valence-corrected chi connectivity index (χ4v) is 3.23. The van der Waals surface area contributed by atoms with Gasteiger partial charge in [-0.15, -0.1) is 0 Å². The van der Waals surface area contributed by atoms with Crippen molar-refractivity contribution in [1.82, 2.24) is 14.7 Å². The second kappa shape index (κ2) is 8.36. The number of aromatic nitrogens is 2. The number of benzene rings is 1. The molecular formula is C21H26Cl2N4O2. The lowest BCUT2D eigenvalue weighted by atomic mass is 9.92. The third-order valence-corrected chi connectivity index (χ3v) is 5.59. The van der Waals surface area contributed by atoms with Gasteiger partial charge in [-0.25, -0.2) is 4.68 Å². The lowest BCUT2D eigenvalue weighted by molar-refractivity contribution is -0.135. The van der Waals surface area contributed by atoms with Crippen molar-refractivity contribution < 1.29 is 9.59 Å². The van der Waals surface area contributed by atoms with Crippen LogP contribution in [-0.4, -0.2) is 39.6 Å². The number of likely N-dealkylation sites (N-methyl/N-ethyl adjacent to an activating group) is 1. The van der Waals surface area contributed by atoms with Crippen molar-refractivity contribution in [2.24, 2.45) is 5.92 Å². The fraction of sp³-hybridized carbons (Fsp3) is 0.476. The molecule has 3 rings (SSSR count). The first-order valence-electron chi connectivity index (χ1n) is 9.74. The predicted octanol–water partition coefficient (Wildman–Crippen LogP) is 4.67. The molecule has 0 radical (unpaired) electrons. The van der Waals surface area contributed by atoms with Crippen LogP contribution in [0.25, 0.3) is 5.69 Å². The molecule has 1 fully saturated rings. The zero-order chi connectivity index (χ0) is 21.3. The molecule has 8 heteroatoms. The number of carbonyl (C=O) groups is 2. The first-order valence-corrected chi connectivity index (χ1v) is 10.5. The number of anilines is 1. The minimum Gasteiger partial charge on any atom is -0.333 e. The number of halogens is 2. The van der Waals surface area contributed by atoms with Crippen LogP contribution in [0, 0.1) is 5.92 Å². The number of amides is 2. The number of carbonyl (C=O) groups excluding carboxylic acids is 2. The lowest BCUT2D eigenvalue weighted by Crippen LogP contribution is -2.38. The Morgan fingerprint density at radius 1 is 1.21 bits per heavy atom. The van der Waals surface area contributed by atoms with Gasteiger partial charge in [-0.05, 0) is 38.0 Å². The van der Waals surface area contributed by atoms with E-state index in [-0.39, 0.29) is 29.7 Å². The van der Waals surface area contributed by atoms with Gasteiger partial charge in [0.1, 0.15) is 5.82 Å². The van der Waals surface area contributed by atoms with Crippen molar-refractivity contribution in [2.45, 2.75) is 46.0 Å². The van der Waals surface area contributed by atoms with Gasteiger partial charge < -0.3 is 10.2 Å². The Hall–Kier alpha value is -2.05. The molecule has 0 spiro atoms. The van der Waals surface area contributed by atoms with Crippen molar-refractivity contribution >= 4 is 40.8 Å². The molecule has 0 atom stereocenters. The summed E-state index contributed by atoms with van der Waals surface area (Å²) in [5.41, 5.74) is 1.30. The van der Waals surface area contributed by atoms with Gasteiger partial charge in [0.15, 0.2) is 0 Å². The fourth-order valence-electron chi connectivity index (χ4n) is 2.94. The van der Waals surface area contributed by atoms with E-state index >= 15 is 0 Å². The van der Waals surface area contributed by atoms with Gasteiger partial charge in [0.05, 0.1) is 28.0 Å². The molecule has 0 aliphatic heterocycles. The Labute approximate surface area is 181 Å². The summed E-state index contributed by atoms with van der Waals surface area (Å²) in [7, 11) is 0. The molecular weight excluding hydrogens is 411 g/mol. The van der Waals surface area contributed by atoms with Gasteiger partial charge >= 0.3 is 0 Å². The monoisotopic (exact) mass is 436 g/mol. The van der Waals surface area contributed by atoms with E-state index in [1.807, 2.05) is 33.8 Å². The molecule has 1 aromatic carbocycles. The average Bonchev–Trinajstić information content (AvgIpc) is 3.41. The second-order valence-corrected chi connectivity index (χ2v) is 9.16. The number of nitrogens with zero attached hydrogens (tertiary/aromatic N) is 3. The zero-order valence-corrected chi connectivity index (χ0v) is 18.6. The van der Waals surface area contributed by atoms with Crippen LogP contribution in [0.3, 0.4) is 0 Å². The van der Waals surface area contributed by atoms with E-state index in [1.54, 1.807) is 27.8 Å². The Bertz CT molecular complexity index is 929. The number of hydrogen-bond donors (Lipinski definition) is 1. The maximum absolute atomic E-state index is 12.7. The van der Waals surface area contributed by atoms with E-state index < -0.39 is 0 Å². The molecule has 156 valence electrons. The van der Waals surface area contributed by atoms with Crippen molar-refractivity contribution in [3.63, 3.8) is 0 Å². The normalized spacial score (nSPS) is 14.0. The molecule has 1 N–H and O–H groups in total. The zero-order valence-electron chi connectivity index (χ0n) is 17.1. The standard InChI is InChI=1S/C21H26Cl2N4O2/c1-5-26(20(29)13-6-7-13)12-19(28)24-18-11-17(21(2,3)4)25-27(18)14-8-9-15(22)16(23)10-14/h8-11,13H,5-7,12H2,1-4H3,(H,24,28). The van der Waals surface area contributed by atoms with Gasteiger partial charge in [0.2, 0.25) is 11.8 Å². The summed E-state index contributed by atoms with van der Waals surface area (Å²) in [6, 6.07) is 7.03. The van der Waals surface area contributed by atoms with Crippen LogP contribution in [0.4, 0.5) is 5.82 Å². The van der Waals surface area contributed by atoms with Gasteiger partial charge in [0.25, 0.3) is 0 Å². The first kappa shape index (κ1) is 21.7. The van der Waals surface area contributed by atoms with Gasteiger partial charge in [0, 0.05) is 23.9 Å². The minimum atomic E-state index is -0.262. The summed E-state index contributed by atoms with van der Waals surface area (Å²) in [6.07, 6.45) is 1.83. The number of rotatable bonds is 6. The topological polar surface area (TPSA) is 67.2 Å². The maximum atomic E-state index is 12.7. The Balaban J connectivity index is 1.86. The molecule has 1 aromatic heterocycles. The van der Waals surface area contributed by atoms with Crippen molar-refractivity contribution in [3.8, 4) is 5.69 Å². The quantitative estimate of drug-likeness (QED) is 0.714. The van der Waals surface area contributed by atoms with Crippen LogP contribution in [0.2, 0.25) is 10.0 Å². The van der Waals surface area contributed by atoms with Crippen LogP contribution in [-0.2, 0) is 15.0 Å². The Morgan fingerprint density at radius 2 is 1.90 bits per heavy atom.